The first-order valence-electron chi connectivity index (χ1n) is 9.53. The van der Waals surface area contributed by atoms with Crippen molar-refractivity contribution in [1.29, 1.82) is 0 Å². The minimum atomic E-state index is -4.06. The first-order valence-corrected chi connectivity index (χ1v) is 13.3. The maximum absolute atomic E-state index is 12.3. The molecule has 2 aromatic rings. The van der Waals surface area contributed by atoms with E-state index in [-0.39, 0.29) is 38.5 Å². The molecule has 0 aromatic heterocycles. The van der Waals surface area contributed by atoms with Crippen LogP contribution in [0.5, 0.6) is 5.75 Å². The number of primary sulfonamides is 1. The van der Waals surface area contributed by atoms with Crippen LogP contribution in [-0.2, 0) is 34.4 Å². The number of carbonyl (C=O) groups excluding carboxylic acids is 2. The molecule has 0 unspecified atom stereocenters. The van der Waals surface area contributed by atoms with E-state index in [1.54, 1.807) is 6.92 Å². The van der Waals surface area contributed by atoms with E-state index < -0.39 is 38.5 Å². The summed E-state index contributed by atoms with van der Waals surface area (Å²) in [6.07, 6.45) is -0.339. The number of hydrogen-bond donors (Lipinski definition) is 3. The van der Waals surface area contributed by atoms with Crippen LogP contribution in [0.2, 0.25) is 10.0 Å². The highest BCUT2D eigenvalue weighted by molar-refractivity contribution is 7.89. The summed E-state index contributed by atoms with van der Waals surface area (Å²) in [5.74, 6) is -1.13. The SMILES string of the molecule is CCOc1ccc(S(=O)(=O)NCCC(=O)OCC(=O)Nc2c(Cl)cc(S(N)(=O)=O)cc2Cl)cc1. The first kappa shape index (κ1) is 27.8. The van der Waals surface area contributed by atoms with Gasteiger partial charge in [0.1, 0.15) is 5.75 Å². The van der Waals surface area contributed by atoms with Crippen molar-refractivity contribution in [2.75, 3.05) is 25.1 Å². The summed E-state index contributed by atoms with van der Waals surface area (Å²) in [7, 11) is -7.92. The Bertz CT molecular complexity index is 1240. The van der Waals surface area contributed by atoms with Crippen LogP contribution < -0.4 is 19.9 Å². The second-order valence-electron chi connectivity index (χ2n) is 6.57. The Morgan fingerprint density at radius 3 is 2.12 bits per heavy atom. The van der Waals surface area contributed by atoms with E-state index in [1.807, 2.05) is 0 Å². The van der Waals surface area contributed by atoms with E-state index in [0.29, 0.717) is 12.4 Å². The predicted molar refractivity (Wildman–Crippen MR) is 125 cm³/mol. The van der Waals surface area contributed by atoms with Crippen LogP contribution in [0.1, 0.15) is 13.3 Å². The highest BCUT2D eigenvalue weighted by Crippen LogP contribution is 2.33. The van der Waals surface area contributed by atoms with E-state index >= 15 is 0 Å². The molecule has 2 aromatic carbocycles. The predicted octanol–water partition coefficient (Wildman–Crippen LogP) is 1.89. The number of rotatable bonds is 11. The fraction of sp³-hybridized carbons (Fsp3) is 0.263. The van der Waals surface area contributed by atoms with Gasteiger partial charge in [0.25, 0.3) is 5.91 Å². The Hall–Kier alpha value is -2.42. The molecular formula is C19H21Cl2N3O8S2. The van der Waals surface area contributed by atoms with Crippen molar-refractivity contribution in [1.82, 2.24) is 4.72 Å². The molecule has 11 nitrogen and oxygen atoms in total. The molecule has 4 N–H and O–H groups in total. The van der Waals surface area contributed by atoms with Gasteiger partial charge in [0.15, 0.2) is 6.61 Å². The van der Waals surface area contributed by atoms with Crippen LogP contribution in [0.25, 0.3) is 0 Å². The molecule has 186 valence electrons. The quantitative estimate of drug-likeness (QED) is 0.354. The largest absolute Gasteiger partial charge is 0.494 e. The lowest BCUT2D eigenvalue weighted by Gasteiger charge is -2.11. The van der Waals surface area contributed by atoms with Crippen molar-refractivity contribution in [2.45, 2.75) is 23.1 Å². The number of sulfonamides is 2. The Morgan fingerprint density at radius 2 is 1.59 bits per heavy atom. The van der Waals surface area contributed by atoms with Crippen LogP contribution in [0.15, 0.2) is 46.2 Å². The second kappa shape index (κ2) is 11.8. The van der Waals surface area contributed by atoms with E-state index in [1.165, 1.54) is 24.3 Å². The first-order chi connectivity index (χ1) is 15.8. The molecule has 1 amide bonds. The van der Waals surface area contributed by atoms with Crippen molar-refractivity contribution in [2.24, 2.45) is 5.14 Å². The average Bonchev–Trinajstić information content (AvgIpc) is 2.74. The third-order valence-corrected chi connectivity index (χ3v) is 7.00. The van der Waals surface area contributed by atoms with Gasteiger partial charge >= 0.3 is 5.97 Å². The van der Waals surface area contributed by atoms with Gasteiger partial charge in [0.05, 0.1) is 38.6 Å². The van der Waals surface area contributed by atoms with Crippen molar-refractivity contribution >= 4 is 60.8 Å². The summed E-state index contributed by atoms with van der Waals surface area (Å²) in [5.41, 5.74) is -0.0973. The lowest BCUT2D eigenvalue weighted by atomic mass is 10.3. The van der Waals surface area contributed by atoms with E-state index in [2.05, 4.69) is 10.0 Å². The van der Waals surface area contributed by atoms with Gasteiger partial charge in [-0.2, -0.15) is 0 Å². The molecule has 0 radical (unpaired) electrons. The normalized spacial score (nSPS) is 11.6. The maximum atomic E-state index is 12.3. The van der Waals surface area contributed by atoms with Crippen LogP contribution in [-0.4, -0.2) is 48.5 Å². The molecule has 0 aliphatic carbocycles. The number of ether oxygens (including phenoxy) is 2. The summed E-state index contributed by atoms with van der Waals surface area (Å²) >= 11 is 11.9. The van der Waals surface area contributed by atoms with E-state index in [0.717, 1.165) is 12.1 Å². The van der Waals surface area contributed by atoms with Gasteiger partial charge in [-0.1, -0.05) is 23.2 Å². The zero-order valence-electron chi connectivity index (χ0n) is 17.7. The molecule has 0 saturated heterocycles. The molecule has 0 aliphatic rings. The molecule has 15 heteroatoms. The monoisotopic (exact) mass is 553 g/mol. The van der Waals surface area contributed by atoms with Gasteiger partial charge in [-0.3, -0.25) is 9.59 Å². The van der Waals surface area contributed by atoms with Crippen LogP contribution in [0, 0.1) is 0 Å². The maximum Gasteiger partial charge on any atom is 0.307 e. The van der Waals surface area contributed by atoms with Gasteiger partial charge in [0.2, 0.25) is 20.0 Å². The second-order valence-corrected chi connectivity index (χ2v) is 10.7. The lowest BCUT2D eigenvalue weighted by molar-refractivity contribution is -0.147. The van der Waals surface area contributed by atoms with Crippen LogP contribution >= 0.6 is 23.2 Å². The Morgan fingerprint density at radius 1 is 1.00 bits per heavy atom. The van der Waals surface area contributed by atoms with Crippen LogP contribution in [0.4, 0.5) is 5.69 Å². The molecule has 0 heterocycles. The number of esters is 1. The van der Waals surface area contributed by atoms with Crippen molar-refractivity contribution in [3.8, 4) is 5.75 Å². The lowest BCUT2D eigenvalue weighted by Crippen LogP contribution is -2.28. The number of hydrogen-bond acceptors (Lipinski definition) is 8. The number of amides is 1. The van der Waals surface area contributed by atoms with Crippen LogP contribution in [0.3, 0.4) is 0 Å². The molecule has 0 fully saturated rings. The number of benzene rings is 2. The Labute approximate surface area is 206 Å². The topological polar surface area (TPSA) is 171 Å². The van der Waals surface area contributed by atoms with E-state index in [9.17, 15) is 26.4 Å². The van der Waals surface area contributed by atoms with Crippen molar-refractivity contribution in [3.63, 3.8) is 0 Å². The number of halogens is 2. The molecule has 0 saturated carbocycles. The Balaban J connectivity index is 1.83. The number of anilines is 1. The fourth-order valence-electron chi connectivity index (χ4n) is 2.48. The molecule has 0 aliphatic heterocycles. The standard InChI is InChI=1S/C19H21Cl2N3O8S2/c1-2-31-12-3-5-13(6-4-12)34(29,30)23-8-7-18(26)32-11-17(25)24-19-15(20)9-14(10-16(19)21)33(22,27)28/h3-6,9-10,23H,2,7-8,11H2,1H3,(H,24,25)(H2,22,27,28). The van der Waals surface area contributed by atoms with Gasteiger partial charge in [0, 0.05) is 6.54 Å². The highest BCUT2D eigenvalue weighted by Gasteiger charge is 2.18. The highest BCUT2D eigenvalue weighted by atomic mass is 35.5. The molecule has 0 bridgehead atoms. The van der Waals surface area contributed by atoms with Gasteiger partial charge < -0.3 is 14.8 Å². The molecule has 0 atom stereocenters. The zero-order valence-corrected chi connectivity index (χ0v) is 20.9. The summed E-state index contributed by atoms with van der Waals surface area (Å²) in [4.78, 5) is 23.5. The molecular weight excluding hydrogens is 533 g/mol. The summed E-state index contributed by atoms with van der Waals surface area (Å²) in [6.45, 7) is 1.26. The summed E-state index contributed by atoms with van der Waals surface area (Å²) in [5, 5.41) is 6.91. The molecule has 2 rings (SSSR count). The number of nitrogens with one attached hydrogen (secondary N) is 2. The molecule has 34 heavy (non-hydrogen) atoms. The fourth-order valence-corrected chi connectivity index (χ4v) is 4.79. The zero-order chi connectivity index (χ0) is 25.5. The number of carbonyl (C=O) groups is 2. The third-order valence-electron chi connectivity index (χ3n) is 4.04. The minimum Gasteiger partial charge on any atom is -0.494 e. The van der Waals surface area contributed by atoms with Crippen molar-refractivity contribution in [3.05, 3.63) is 46.4 Å². The summed E-state index contributed by atoms with van der Waals surface area (Å²) in [6, 6.07) is 7.74. The Kier molecular flexibility index (Phi) is 9.67. The van der Waals surface area contributed by atoms with Gasteiger partial charge in [-0.05, 0) is 43.3 Å². The van der Waals surface area contributed by atoms with Gasteiger partial charge in [-0.25, -0.2) is 26.7 Å². The molecule has 0 spiro atoms. The smallest absolute Gasteiger partial charge is 0.307 e. The summed E-state index contributed by atoms with van der Waals surface area (Å²) < 4.78 is 59.6. The minimum absolute atomic E-state index is 0.00842. The van der Waals surface area contributed by atoms with Gasteiger partial charge in [-0.15, -0.1) is 0 Å². The van der Waals surface area contributed by atoms with E-state index in [4.69, 9.17) is 37.8 Å². The number of nitrogens with two attached hydrogens (primary N) is 1. The van der Waals surface area contributed by atoms with Crippen molar-refractivity contribution < 1.29 is 35.9 Å². The third kappa shape index (κ3) is 8.11. The average molecular weight is 554 g/mol.